The molecule has 0 N–H and O–H groups in total. The summed E-state index contributed by atoms with van der Waals surface area (Å²) in [5.41, 5.74) is 1.53. The molecule has 1 aliphatic rings. The van der Waals surface area contributed by atoms with Gasteiger partial charge in [0.25, 0.3) is 0 Å². The van der Waals surface area contributed by atoms with Crippen molar-refractivity contribution in [1.29, 1.82) is 0 Å². The minimum Gasteiger partial charge on any atom is -0.147 e. The SMILES string of the molecule is CCCO[Si](C)(C)CC1=[C]([Ti])CC=C1.Cl.Cl. The summed E-state index contributed by atoms with van der Waals surface area (Å²) >= 11 is 2.24. The van der Waals surface area contributed by atoms with Gasteiger partial charge in [-0.3, -0.25) is 0 Å². The molecule has 1 rings (SSSR count). The van der Waals surface area contributed by atoms with Crippen LogP contribution in [0.3, 0.4) is 0 Å². The van der Waals surface area contributed by atoms with Gasteiger partial charge in [0, 0.05) is 0 Å². The maximum absolute atomic E-state index is 5.96. The summed E-state index contributed by atoms with van der Waals surface area (Å²) in [6.07, 6.45) is 6.81. The van der Waals surface area contributed by atoms with E-state index in [9.17, 15) is 0 Å². The zero-order chi connectivity index (χ0) is 10.6. The Bertz CT molecular complexity index is 265. The van der Waals surface area contributed by atoms with Crippen molar-refractivity contribution in [3.05, 3.63) is 21.6 Å². The van der Waals surface area contributed by atoms with E-state index >= 15 is 0 Å². The zero-order valence-corrected chi connectivity index (χ0v) is 14.4. The number of halogens is 2. The van der Waals surface area contributed by atoms with Crippen LogP contribution in [0.1, 0.15) is 19.8 Å². The van der Waals surface area contributed by atoms with E-state index in [1.54, 1.807) is 0 Å². The van der Waals surface area contributed by atoms with Crippen LogP contribution in [0.15, 0.2) is 21.6 Å². The molecule has 0 fully saturated rings. The molecule has 93 valence electrons. The van der Waals surface area contributed by atoms with Crippen LogP contribution in [0.2, 0.25) is 19.1 Å². The smallest absolute Gasteiger partial charge is 0.147 e. The second kappa shape index (κ2) is 8.96. The van der Waals surface area contributed by atoms with Crippen LogP contribution >= 0.6 is 24.8 Å². The summed E-state index contributed by atoms with van der Waals surface area (Å²) in [4.78, 5) is 0. The van der Waals surface area contributed by atoms with Gasteiger partial charge < -0.3 is 0 Å². The molecule has 0 aliphatic heterocycles. The molecule has 0 radical (unpaired) electrons. The van der Waals surface area contributed by atoms with Gasteiger partial charge in [-0.05, 0) is 0 Å². The number of rotatable bonds is 5. The topological polar surface area (TPSA) is 9.23 Å². The van der Waals surface area contributed by atoms with Crippen LogP contribution in [-0.4, -0.2) is 14.9 Å². The maximum Gasteiger partial charge on any atom is -0.147 e. The first-order chi connectivity index (χ1) is 6.55. The molecule has 0 amide bonds. The molecule has 0 aromatic heterocycles. The molecule has 0 unspecified atom stereocenters. The van der Waals surface area contributed by atoms with E-state index in [4.69, 9.17) is 4.43 Å². The van der Waals surface area contributed by atoms with Gasteiger partial charge in [0.05, 0.1) is 0 Å². The third-order valence-electron chi connectivity index (χ3n) is 2.34. The van der Waals surface area contributed by atoms with Crippen LogP contribution in [0, 0.1) is 0 Å². The van der Waals surface area contributed by atoms with E-state index in [1.807, 2.05) is 0 Å². The summed E-state index contributed by atoms with van der Waals surface area (Å²) < 4.78 is 7.49. The van der Waals surface area contributed by atoms with Crippen LogP contribution in [0.4, 0.5) is 0 Å². The molecule has 1 aliphatic carbocycles. The van der Waals surface area contributed by atoms with Crippen LogP contribution in [0.25, 0.3) is 0 Å². The van der Waals surface area contributed by atoms with E-state index in [1.165, 1.54) is 15.5 Å². The molecule has 0 aromatic rings. The Balaban J connectivity index is 0. The van der Waals surface area contributed by atoms with E-state index in [0.717, 1.165) is 19.4 Å². The first-order valence-corrected chi connectivity index (χ1v) is 9.19. The molecule has 16 heavy (non-hydrogen) atoms. The van der Waals surface area contributed by atoms with Crippen molar-refractivity contribution in [1.82, 2.24) is 0 Å². The summed E-state index contributed by atoms with van der Waals surface area (Å²) in [7, 11) is -1.44. The standard InChI is InChI=1S/C11H19OSi.2ClH.Ti/c1-4-9-12-13(2,3)10-11-7-5-6-8-11;;;/h5,7H,4,6,9-10H2,1-3H3;2*1H;. The normalized spacial score (nSPS) is 14.6. The molecule has 0 aromatic carbocycles. The Morgan fingerprint density at radius 1 is 1.38 bits per heavy atom. The quantitative estimate of drug-likeness (QED) is 0.690. The average Bonchev–Trinajstić information content (AvgIpc) is 2.48. The monoisotopic (exact) mass is 315 g/mol. The molecular weight excluding hydrogens is 295 g/mol. The van der Waals surface area contributed by atoms with Gasteiger partial charge in [0.15, 0.2) is 0 Å². The number of hydrogen-bond acceptors (Lipinski definition) is 1. The first kappa shape index (κ1) is 19.3. The van der Waals surface area contributed by atoms with E-state index in [-0.39, 0.29) is 24.8 Å². The fourth-order valence-electron chi connectivity index (χ4n) is 1.60. The zero-order valence-electron chi connectivity index (χ0n) is 10.2. The van der Waals surface area contributed by atoms with Crippen LogP contribution < -0.4 is 0 Å². The van der Waals surface area contributed by atoms with Gasteiger partial charge in [0.2, 0.25) is 0 Å². The molecule has 0 saturated heterocycles. The molecule has 0 bridgehead atoms. The minimum atomic E-state index is -1.44. The third-order valence-corrected chi connectivity index (χ3v) is 5.38. The number of hydrogen-bond donors (Lipinski definition) is 0. The second-order valence-electron chi connectivity index (χ2n) is 4.40. The van der Waals surface area contributed by atoms with Crippen molar-refractivity contribution in [2.24, 2.45) is 0 Å². The van der Waals surface area contributed by atoms with Crippen molar-refractivity contribution in [2.45, 2.75) is 38.9 Å². The van der Waals surface area contributed by atoms with E-state index < -0.39 is 8.32 Å². The minimum absolute atomic E-state index is 0. The predicted octanol–water partition coefficient (Wildman–Crippen LogP) is 4.22. The summed E-state index contributed by atoms with van der Waals surface area (Å²) in [6, 6.07) is 1.18. The third kappa shape index (κ3) is 6.63. The van der Waals surface area contributed by atoms with Crippen molar-refractivity contribution >= 4 is 33.1 Å². The van der Waals surface area contributed by atoms with Gasteiger partial charge in [-0.2, -0.15) is 0 Å². The molecule has 0 saturated carbocycles. The first-order valence-electron chi connectivity index (χ1n) is 5.29. The van der Waals surface area contributed by atoms with Crippen molar-refractivity contribution in [3.63, 3.8) is 0 Å². The Hall–Kier alpha value is 0.951. The fourth-order valence-corrected chi connectivity index (χ4v) is 4.44. The molecular formula is C11H21Cl2OSiTi. The van der Waals surface area contributed by atoms with Crippen LogP contribution in [-0.2, 0) is 24.9 Å². The van der Waals surface area contributed by atoms with Gasteiger partial charge in [-0.1, -0.05) is 0 Å². The molecule has 0 spiro atoms. The predicted molar refractivity (Wildman–Crippen MR) is 73.8 cm³/mol. The Morgan fingerprint density at radius 3 is 2.44 bits per heavy atom. The van der Waals surface area contributed by atoms with Crippen molar-refractivity contribution < 1.29 is 24.9 Å². The fraction of sp³-hybridized carbons (Fsp3) is 0.636. The Labute approximate surface area is 124 Å². The largest absolute Gasteiger partial charge is 0.147 e. The molecule has 5 heteroatoms. The van der Waals surface area contributed by atoms with Gasteiger partial charge in [-0.15, -0.1) is 24.8 Å². The average molecular weight is 316 g/mol. The second-order valence-corrected chi connectivity index (χ2v) is 9.50. The van der Waals surface area contributed by atoms with Gasteiger partial charge in [-0.25, -0.2) is 0 Å². The molecule has 0 heterocycles. The van der Waals surface area contributed by atoms with Crippen molar-refractivity contribution in [3.8, 4) is 0 Å². The van der Waals surface area contributed by atoms with Gasteiger partial charge in [0.1, 0.15) is 0 Å². The number of allylic oxidation sites excluding steroid dienone is 4. The van der Waals surface area contributed by atoms with Crippen molar-refractivity contribution in [2.75, 3.05) is 6.61 Å². The Morgan fingerprint density at radius 2 is 2.00 bits per heavy atom. The Kier molecular flexibility index (Phi) is 10.8. The van der Waals surface area contributed by atoms with E-state index in [0.29, 0.717) is 0 Å². The summed E-state index contributed by atoms with van der Waals surface area (Å²) in [5, 5.41) is 0. The molecule has 0 atom stereocenters. The maximum atomic E-state index is 5.96. The summed E-state index contributed by atoms with van der Waals surface area (Å²) in [6.45, 7) is 7.73. The summed E-state index contributed by atoms with van der Waals surface area (Å²) in [5.74, 6) is 0. The van der Waals surface area contributed by atoms with Crippen LogP contribution in [0.5, 0.6) is 0 Å². The van der Waals surface area contributed by atoms with Gasteiger partial charge >= 0.3 is 100 Å². The van der Waals surface area contributed by atoms with E-state index in [2.05, 4.69) is 52.6 Å². The molecule has 1 nitrogen and oxygen atoms in total.